The van der Waals surface area contributed by atoms with Gasteiger partial charge in [-0.15, -0.1) is 0 Å². The van der Waals surface area contributed by atoms with E-state index in [-0.39, 0.29) is 12.5 Å². The van der Waals surface area contributed by atoms with Crippen LogP contribution < -0.4 is 0 Å². The molecule has 1 atom stereocenters. The third-order valence-corrected chi connectivity index (χ3v) is 4.43. The van der Waals surface area contributed by atoms with Crippen molar-refractivity contribution >= 4 is 33.3 Å². The predicted molar refractivity (Wildman–Crippen MR) is 90.1 cm³/mol. The van der Waals surface area contributed by atoms with E-state index in [1.165, 1.54) is 0 Å². The summed E-state index contributed by atoms with van der Waals surface area (Å²) in [7, 11) is -3.50. The van der Waals surface area contributed by atoms with Gasteiger partial charge in [-0.25, -0.2) is 0 Å². The van der Waals surface area contributed by atoms with E-state index in [9.17, 15) is 8.42 Å². The molecule has 3 nitrogen and oxygen atoms in total. The predicted octanol–water partition coefficient (Wildman–Crippen LogP) is 4.30. The minimum atomic E-state index is -3.50. The summed E-state index contributed by atoms with van der Waals surface area (Å²) in [6.07, 6.45) is 1.62. The Labute approximate surface area is 141 Å². The Hall–Kier alpha value is -1.07. The smallest absolute Gasteiger partial charge is 0.264 e. The fraction of sp³-hybridized carbons (Fsp3) is 0.250. The Morgan fingerprint density at radius 1 is 1.05 bits per heavy atom. The van der Waals surface area contributed by atoms with Crippen LogP contribution in [0.2, 0.25) is 10.0 Å². The molecule has 0 aromatic heterocycles. The molecule has 0 aliphatic carbocycles. The van der Waals surface area contributed by atoms with Crippen LogP contribution in [0.3, 0.4) is 0 Å². The summed E-state index contributed by atoms with van der Waals surface area (Å²) < 4.78 is 27.5. The van der Waals surface area contributed by atoms with Crippen LogP contribution in [0.1, 0.15) is 17.0 Å². The van der Waals surface area contributed by atoms with E-state index in [4.69, 9.17) is 27.4 Å². The summed E-state index contributed by atoms with van der Waals surface area (Å²) in [4.78, 5) is 0. The Morgan fingerprint density at radius 2 is 1.68 bits per heavy atom. The highest BCUT2D eigenvalue weighted by molar-refractivity contribution is 7.85. The number of hydrogen-bond donors (Lipinski definition) is 0. The van der Waals surface area contributed by atoms with Crippen LogP contribution in [-0.2, 0) is 20.7 Å². The molecule has 6 heteroatoms. The fourth-order valence-corrected chi connectivity index (χ4v) is 2.89. The van der Waals surface area contributed by atoms with Gasteiger partial charge >= 0.3 is 0 Å². The molecule has 0 N–H and O–H groups in total. The summed E-state index contributed by atoms with van der Waals surface area (Å²) in [6.45, 7) is 0.0612. The quantitative estimate of drug-likeness (QED) is 0.723. The molecular formula is C16H16Cl2O3S. The van der Waals surface area contributed by atoms with E-state index in [0.717, 1.165) is 17.4 Å². The lowest BCUT2D eigenvalue weighted by atomic mass is 9.93. The molecule has 0 aliphatic rings. The van der Waals surface area contributed by atoms with Crippen LogP contribution >= 0.6 is 23.2 Å². The average molecular weight is 359 g/mol. The lowest BCUT2D eigenvalue weighted by molar-refractivity contribution is 0.293. The van der Waals surface area contributed by atoms with E-state index < -0.39 is 10.1 Å². The molecule has 118 valence electrons. The van der Waals surface area contributed by atoms with Gasteiger partial charge in [-0.2, -0.15) is 8.42 Å². The molecule has 0 saturated heterocycles. The highest BCUT2D eigenvalue weighted by Gasteiger charge is 2.17. The minimum absolute atomic E-state index is 0.0612. The van der Waals surface area contributed by atoms with Crippen molar-refractivity contribution in [3.05, 3.63) is 69.7 Å². The van der Waals surface area contributed by atoms with Gasteiger partial charge in [0.2, 0.25) is 0 Å². The molecule has 0 amide bonds. The topological polar surface area (TPSA) is 43.4 Å². The lowest BCUT2D eigenvalue weighted by Gasteiger charge is -2.18. The van der Waals surface area contributed by atoms with Crippen LogP contribution in [0, 0.1) is 0 Å². The van der Waals surface area contributed by atoms with Crippen molar-refractivity contribution < 1.29 is 12.6 Å². The van der Waals surface area contributed by atoms with Crippen LogP contribution in [0.15, 0.2) is 48.5 Å². The Balaban J connectivity index is 2.25. The van der Waals surface area contributed by atoms with Gasteiger partial charge in [0.15, 0.2) is 0 Å². The highest BCUT2D eigenvalue weighted by atomic mass is 35.5. The second-order valence-corrected chi connectivity index (χ2v) is 7.52. The first-order chi connectivity index (χ1) is 10.3. The zero-order valence-corrected chi connectivity index (χ0v) is 14.3. The fourth-order valence-electron chi connectivity index (χ4n) is 2.14. The maximum absolute atomic E-state index is 11.3. The van der Waals surface area contributed by atoms with Crippen LogP contribution in [0.5, 0.6) is 0 Å². The number of halogens is 2. The average Bonchev–Trinajstić information content (AvgIpc) is 2.45. The molecule has 0 radical (unpaired) electrons. The Kier molecular flexibility index (Phi) is 5.87. The van der Waals surface area contributed by atoms with Gasteiger partial charge in [0.25, 0.3) is 10.1 Å². The zero-order chi connectivity index (χ0) is 16.2. The minimum Gasteiger partial charge on any atom is -0.270 e. The maximum atomic E-state index is 11.3. The van der Waals surface area contributed by atoms with Crippen LogP contribution in [-0.4, -0.2) is 21.3 Å². The van der Waals surface area contributed by atoms with E-state index in [1.807, 2.05) is 36.4 Å². The summed E-state index contributed by atoms with van der Waals surface area (Å²) in [5.41, 5.74) is 1.90. The first-order valence-electron chi connectivity index (χ1n) is 6.68. The lowest BCUT2D eigenvalue weighted by Crippen LogP contribution is -2.14. The van der Waals surface area contributed by atoms with E-state index in [0.29, 0.717) is 16.5 Å². The third-order valence-electron chi connectivity index (χ3n) is 3.25. The van der Waals surface area contributed by atoms with Crippen molar-refractivity contribution in [3.8, 4) is 0 Å². The van der Waals surface area contributed by atoms with Gasteiger partial charge in [0, 0.05) is 16.0 Å². The van der Waals surface area contributed by atoms with Gasteiger partial charge in [-0.05, 0) is 35.7 Å². The Morgan fingerprint density at radius 3 is 2.27 bits per heavy atom. The molecule has 2 aromatic carbocycles. The summed E-state index contributed by atoms with van der Waals surface area (Å²) in [6, 6.07) is 14.8. The zero-order valence-electron chi connectivity index (χ0n) is 12.0. The summed E-state index contributed by atoms with van der Waals surface area (Å²) in [5, 5.41) is 1.28. The van der Waals surface area contributed by atoms with Gasteiger partial charge < -0.3 is 0 Å². The molecular weight excluding hydrogens is 343 g/mol. The van der Waals surface area contributed by atoms with Crippen molar-refractivity contribution in [1.29, 1.82) is 0 Å². The Bertz CT molecular complexity index is 727. The van der Waals surface area contributed by atoms with E-state index in [2.05, 4.69) is 0 Å². The van der Waals surface area contributed by atoms with E-state index >= 15 is 0 Å². The van der Waals surface area contributed by atoms with Gasteiger partial charge in [0.1, 0.15) is 0 Å². The molecule has 0 aliphatic heterocycles. The molecule has 0 bridgehead atoms. The summed E-state index contributed by atoms with van der Waals surface area (Å²) in [5.74, 6) is -0.133. The third kappa shape index (κ3) is 5.29. The molecule has 1 unspecified atom stereocenters. The SMILES string of the molecule is CS(=O)(=O)OCC(Cc1ccccc1Cl)c1ccc(Cl)cc1. The molecule has 0 saturated carbocycles. The van der Waals surface area contributed by atoms with Gasteiger partial charge in [0.05, 0.1) is 12.9 Å². The van der Waals surface area contributed by atoms with Crippen molar-refractivity contribution in [1.82, 2.24) is 0 Å². The molecule has 0 heterocycles. The van der Waals surface area contributed by atoms with Crippen molar-refractivity contribution in [2.45, 2.75) is 12.3 Å². The summed E-state index contributed by atoms with van der Waals surface area (Å²) >= 11 is 12.1. The molecule has 2 aromatic rings. The van der Waals surface area contributed by atoms with E-state index in [1.54, 1.807) is 12.1 Å². The maximum Gasteiger partial charge on any atom is 0.264 e. The van der Waals surface area contributed by atoms with Gasteiger partial charge in [-0.3, -0.25) is 4.18 Å². The van der Waals surface area contributed by atoms with Crippen molar-refractivity contribution in [2.24, 2.45) is 0 Å². The van der Waals surface area contributed by atoms with Gasteiger partial charge in [-0.1, -0.05) is 53.5 Å². The largest absolute Gasteiger partial charge is 0.270 e. The normalized spacial score (nSPS) is 13.0. The molecule has 0 fully saturated rings. The number of benzene rings is 2. The molecule has 2 rings (SSSR count). The number of hydrogen-bond acceptors (Lipinski definition) is 3. The first kappa shape index (κ1) is 17.3. The van der Waals surface area contributed by atoms with Crippen molar-refractivity contribution in [2.75, 3.05) is 12.9 Å². The second-order valence-electron chi connectivity index (χ2n) is 5.03. The van der Waals surface area contributed by atoms with Crippen LogP contribution in [0.25, 0.3) is 0 Å². The second kappa shape index (κ2) is 7.47. The molecule has 22 heavy (non-hydrogen) atoms. The molecule has 0 spiro atoms. The standard InChI is InChI=1S/C16H16Cl2O3S/c1-22(19,20)21-11-14(12-6-8-15(17)9-7-12)10-13-4-2-3-5-16(13)18/h2-9,14H,10-11H2,1H3. The first-order valence-corrected chi connectivity index (χ1v) is 9.25. The van der Waals surface area contributed by atoms with Crippen LogP contribution in [0.4, 0.5) is 0 Å². The number of rotatable bonds is 6. The monoisotopic (exact) mass is 358 g/mol. The highest BCUT2D eigenvalue weighted by Crippen LogP contribution is 2.27. The van der Waals surface area contributed by atoms with Crippen molar-refractivity contribution in [3.63, 3.8) is 0 Å².